The Morgan fingerprint density at radius 1 is 1.40 bits per heavy atom. The number of imidazole rings is 1. The van der Waals surface area contributed by atoms with Crippen molar-refractivity contribution in [1.82, 2.24) is 8.96 Å². The molecule has 0 radical (unpaired) electrons. The van der Waals surface area contributed by atoms with Crippen molar-refractivity contribution in [2.24, 2.45) is 0 Å². The number of hydrogen-bond donors (Lipinski definition) is 0. The van der Waals surface area contributed by atoms with Crippen LogP contribution < -0.4 is 0 Å². The molecule has 0 N–H and O–H groups in total. The van der Waals surface area contributed by atoms with Crippen molar-refractivity contribution in [3.8, 4) is 0 Å². The zero-order chi connectivity index (χ0) is 7.61. The molecule has 0 spiro atoms. The highest BCUT2D eigenvalue weighted by molar-refractivity contribution is 8.27. The van der Waals surface area contributed by atoms with Crippen LogP contribution in [0.2, 0.25) is 19.6 Å². The van der Waals surface area contributed by atoms with Gasteiger partial charge in [0, 0.05) is 12.4 Å². The molecule has 1 heterocycles. The van der Waals surface area contributed by atoms with Gasteiger partial charge in [-0.3, -0.25) is 3.97 Å². The first kappa shape index (κ1) is 7.88. The minimum atomic E-state index is -1.02. The van der Waals surface area contributed by atoms with Crippen LogP contribution in [0, 0.1) is 0 Å². The molecule has 0 amide bonds. The van der Waals surface area contributed by atoms with Gasteiger partial charge in [0.15, 0.2) is 0 Å². The minimum absolute atomic E-state index is 1.02. The van der Waals surface area contributed by atoms with E-state index in [1.54, 1.807) is 0 Å². The summed E-state index contributed by atoms with van der Waals surface area (Å²) in [4.78, 5) is 3.97. The van der Waals surface area contributed by atoms with Gasteiger partial charge in [-0.05, 0) is 0 Å². The Hall–Kier alpha value is -0.223. The van der Waals surface area contributed by atoms with E-state index in [0.29, 0.717) is 0 Å². The molecule has 0 unspecified atom stereocenters. The fourth-order valence-corrected chi connectivity index (χ4v) is 3.69. The lowest BCUT2D eigenvalue weighted by molar-refractivity contribution is 1.24. The average molecular weight is 172 g/mol. The van der Waals surface area contributed by atoms with E-state index in [9.17, 15) is 0 Å². The maximum absolute atomic E-state index is 3.97. The standard InChI is InChI=1S/C6H12N2SSi/c1-10(2,3)9-8-5-4-7-6-8/h4-6H,1-3H3. The summed E-state index contributed by atoms with van der Waals surface area (Å²) >= 11 is 1.90. The van der Waals surface area contributed by atoms with Crippen molar-refractivity contribution in [1.29, 1.82) is 0 Å². The van der Waals surface area contributed by atoms with E-state index in [0.717, 1.165) is 0 Å². The molecule has 0 bridgehead atoms. The highest BCUT2D eigenvalue weighted by Crippen LogP contribution is 2.20. The summed E-state index contributed by atoms with van der Waals surface area (Å²) in [5, 5.41) is 0. The van der Waals surface area contributed by atoms with Gasteiger partial charge in [0.2, 0.25) is 0 Å². The van der Waals surface area contributed by atoms with Gasteiger partial charge in [0.25, 0.3) is 0 Å². The smallest absolute Gasteiger partial charge is 0.135 e. The molecule has 0 saturated carbocycles. The lowest BCUT2D eigenvalue weighted by Gasteiger charge is -2.13. The van der Waals surface area contributed by atoms with Crippen LogP contribution in [0.1, 0.15) is 0 Å². The highest BCUT2D eigenvalue weighted by atomic mass is 32.4. The van der Waals surface area contributed by atoms with Gasteiger partial charge in [-0.15, -0.1) is 0 Å². The van der Waals surface area contributed by atoms with Gasteiger partial charge >= 0.3 is 0 Å². The third-order valence-corrected chi connectivity index (χ3v) is 4.11. The van der Waals surface area contributed by atoms with Crippen LogP contribution in [-0.4, -0.2) is 16.2 Å². The summed E-state index contributed by atoms with van der Waals surface area (Å²) in [6.07, 6.45) is 5.65. The van der Waals surface area contributed by atoms with E-state index in [1.807, 2.05) is 30.1 Å². The molecular formula is C6H12N2SSi. The molecule has 10 heavy (non-hydrogen) atoms. The van der Waals surface area contributed by atoms with E-state index in [2.05, 4.69) is 28.6 Å². The van der Waals surface area contributed by atoms with Gasteiger partial charge in [-0.2, -0.15) is 0 Å². The fourth-order valence-electron chi connectivity index (χ4n) is 0.617. The number of hydrogen-bond acceptors (Lipinski definition) is 2. The Morgan fingerprint density at radius 3 is 2.50 bits per heavy atom. The van der Waals surface area contributed by atoms with E-state index in [-0.39, 0.29) is 0 Å². The lowest BCUT2D eigenvalue weighted by Crippen LogP contribution is -2.15. The van der Waals surface area contributed by atoms with Crippen LogP contribution in [0.3, 0.4) is 0 Å². The number of aromatic nitrogens is 2. The lowest BCUT2D eigenvalue weighted by atomic mass is 11.0. The molecule has 0 saturated heterocycles. The first-order valence-electron chi connectivity index (χ1n) is 3.25. The Balaban J connectivity index is 2.57. The molecule has 0 aromatic carbocycles. The van der Waals surface area contributed by atoms with Gasteiger partial charge in [0.05, 0.1) is 0 Å². The van der Waals surface area contributed by atoms with Crippen LogP contribution in [-0.2, 0) is 0 Å². The van der Waals surface area contributed by atoms with Crippen LogP contribution in [0.4, 0.5) is 0 Å². The Morgan fingerprint density at radius 2 is 2.10 bits per heavy atom. The summed E-state index contributed by atoms with van der Waals surface area (Å²) in [6, 6.07) is 0. The van der Waals surface area contributed by atoms with Crippen molar-refractivity contribution in [3.63, 3.8) is 0 Å². The molecular weight excluding hydrogens is 160 g/mol. The van der Waals surface area contributed by atoms with Crippen LogP contribution in [0.25, 0.3) is 0 Å². The molecule has 1 aromatic rings. The zero-order valence-corrected chi connectivity index (χ0v) is 8.35. The third-order valence-electron chi connectivity index (χ3n) is 0.859. The summed E-state index contributed by atoms with van der Waals surface area (Å²) < 4.78 is 2.08. The third kappa shape index (κ3) is 2.58. The molecule has 0 aliphatic heterocycles. The van der Waals surface area contributed by atoms with E-state index in [1.165, 1.54) is 0 Å². The molecule has 0 aliphatic carbocycles. The fraction of sp³-hybridized carbons (Fsp3) is 0.500. The molecule has 0 fully saturated rings. The summed E-state index contributed by atoms with van der Waals surface area (Å²) in [5.41, 5.74) is 0. The van der Waals surface area contributed by atoms with Gasteiger partial charge in [0.1, 0.15) is 13.6 Å². The van der Waals surface area contributed by atoms with E-state index >= 15 is 0 Å². The quantitative estimate of drug-likeness (QED) is 0.637. The maximum atomic E-state index is 3.97. The minimum Gasteiger partial charge on any atom is -0.286 e. The second kappa shape index (κ2) is 2.80. The molecule has 2 nitrogen and oxygen atoms in total. The van der Waals surface area contributed by atoms with E-state index in [4.69, 9.17) is 0 Å². The van der Waals surface area contributed by atoms with Gasteiger partial charge < -0.3 is 0 Å². The second-order valence-electron chi connectivity index (χ2n) is 3.13. The van der Waals surface area contributed by atoms with Gasteiger partial charge in [-0.1, -0.05) is 31.0 Å². The van der Waals surface area contributed by atoms with Crippen molar-refractivity contribution >= 4 is 18.6 Å². The Kier molecular flexibility index (Phi) is 2.20. The summed E-state index contributed by atoms with van der Waals surface area (Å²) in [6.45, 7) is 6.95. The molecule has 0 atom stereocenters. The number of rotatable bonds is 2. The highest BCUT2D eigenvalue weighted by Gasteiger charge is 2.14. The summed E-state index contributed by atoms with van der Waals surface area (Å²) in [5.74, 6) is 0. The number of nitrogens with zero attached hydrogens (tertiary/aromatic N) is 2. The predicted molar refractivity (Wildman–Crippen MR) is 48.6 cm³/mol. The molecule has 4 heteroatoms. The molecule has 0 aliphatic rings. The first-order chi connectivity index (χ1) is 4.58. The first-order valence-corrected chi connectivity index (χ1v) is 8.25. The van der Waals surface area contributed by atoms with Crippen LogP contribution in [0.5, 0.6) is 0 Å². The van der Waals surface area contributed by atoms with Crippen molar-refractivity contribution in [2.45, 2.75) is 19.6 Å². The molecule has 1 rings (SSSR count). The normalized spacial score (nSPS) is 11.9. The van der Waals surface area contributed by atoms with E-state index < -0.39 is 7.22 Å². The maximum Gasteiger partial charge on any atom is 0.135 e. The zero-order valence-electron chi connectivity index (χ0n) is 6.53. The SMILES string of the molecule is C[Si](C)(C)Sn1ccnc1. The average Bonchev–Trinajstić information content (AvgIpc) is 2.12. The summed E-state index contributed by atoms with van der Waals surface area (Å²) in [7, 11) is -1.02. The molecule has 56 valence electrons. The van der Waals surface area contributed by atoms with Crippen LogP contribution in [0.15, 0.2) is 18.7 Å². The largest absolute Gasteiger partial charge is 0.286 e. The van der Waals surface area contributed by atoms with Crippen molar-refractivity contribution < 1.29 is 0 Å². The Labute approximate surface area is 66.4 Å². The Bertz CT molecular complexity index is 190. The topological polar surface area (TPSA) is 17.8 Å². The van der Waals surface area contributed by atoms with Crippen LogP contribution >= 0.6 is 11.4 Å². The van der Waals surface area contributed by atoms with Crippen molar-refractivity contribution in [3.05, 3.63) is 18.7 Å². The van der Waals surface area contributed by atoms with Crippen molar-refractivity contribution in [2.75, 3.05) is 0 Å². The predicted octanol–water partition coefficient (Wildman–Crippen LogP) is 2.21. The van der Waals surface area contributed by atoms with Gasteiger partial charge in [-0.25, -0.2) is 4.98 Å². The second-order valence-corrected chi connectivity index (χ2v) is 12.2. The monoisotopic (exact) mass is 172 g/mol. The molecule has 1 aromatic heterocycles.